The van der Waals surface area contributed by atoms with Crippen molar-refractivity contribution in [3.8, 4) is 5.75 Å². The average Bonchev–Trinajstić information content (AvgIpc) is 3.09. The third-order valence-corrected chi connectivity index (χ3v) is 8.30. The van der Waals surface area contributed by atoms with Crippen LogP contribution in [0.3, 0.4) is 0 Å². The normalized spacial score (nSPS) is 18.6. The van der Waals surface area contributed by atoms with E-state index in [0.29, 0.717) is 24.2 Å². The Kier molecular flexibility index (Phi) is 5.77. The number of piperidine rings is 1. The fourth-order valence-electron chi connectivity index (χ4n) is 3.73. The number of fused-ring (bicyclic) bond motifs is 1. The number of sulfonamides is 1. The molecule has 0 N–H and O–H groups in total. The summed E-state index contributed by atoms with van der Waals surface area (Å²) in [6, 6.07) is 14.1. The molecule has 1 aliphatic heterocycles. The lowest BCUT2D eigenvalue weighted by molar-refractivity contribution is -0.122. The van der Waals surface area contributed by atoms with E-state index in [9.17, 15) is 13.2 Å². The van der Waals surface area contributed by atoms with Gasteiger partial charge >= 0.3 is 0 Å². The molecule has 1 amide bonds. The first-order valence-electron chi connectivity index (χ1n) is 9.68. The molecule has 2 heterocycles. The molecule has 1 aliphatic rings. The van der Waals surface area contributed by atoms with Gasteiger partial charge in [0.05, 0.1) is 22.6 Å². The van der Waals surface area contributed by atoms with Gasteiger partial charge in [-0.15, -0.1) is 0 Å². The van der Waals surface area contributed by atoms with E-state index in [1.165, 1.54) is 15.6 Å². The second kappa shape index (κ2) is 8.33. The number of hydrogen-bond acceptors (Lipinski definition) is 5. The Labute approximate surface area is 179 Å². The minimum absolute atomic E-state index is 0.150. The molecule has 1 saturated heterocycles. The number of thiazole rings is 1. The van der Waals surface area contributed by atoms with Gasteiger partial charge in [0.2, 0.25) is 10.0 Å². The molecular weight excluding hydrogens is 422 g/mol. The smallest absolute Gasteiger partial charge is 0.252 e. The number of carbonyl (C=O) groups excluding carboxylic acids is 1. The van der Waals surface area contributed by atoms with Crippen LogP contribution in [0.1, 0.15) is 12.8 Å². The Balaban J connectivity index is 1.61. The van der Waals surface area contributed by atoms with Crippen molar-refractivity contribution in [3.05, 3.63) is 53.3 Å². The number of nitrogens with zero attached hydrogens (tertiary/aromatic N) is 3. The molecule has 1 unspecified atom stereocenters. The molecule has 0 bridgehead atoms. The van der Waals surface area contributed by atoms with Crippen LogP contribution in [0.25, 0.3) is 10.2 Å². The van der Waals surface area contributed by atoms with Gasteiger partial charge in [-0.2, -0.15) is 9.30 Å². The lowest BCUT2D eigenvalue weighted by Gasteiger charge is -2.30. The van der Waals surface area contributed by atoms with E-state index in [4.69, 9.17) is 4.74 Å². The first-order valence-corrected chi connectivity index (χ1v) is 11.9. The number of aromatic nitrogens is 1. The van der Waals surface area contributed by atoms with E-state index in [-0.39, 0.29) is 17.3 Å². The summed E-state index contributed by atoms with van der Waals surface area (Å²) in [6.07, 6.45) is 1.26. The molecule has 158 valence electrons. The van der Waals surface area contributed by atoms with Gasteiger partial charge < -0.3 is 9.30 Å². The number of methoxy groups -OCH3 is 1. The van der Waals surface area contributed by atoms with Crippen molar-refractivity contribution in [2.75, 3.05) is 20.2 Å². The summed E-state index contributed by atoms with van der Waals surface area (Å²) in [5.41, 5.74) is 0.883. The molecule has 7 nitrogen and oxygen atoms in total. The highest BCUT2D eigenvalue weighted by Gasteiger charge is 2.33. The van der Waals surface area contributed by atoms with Crippen LogP contribution in [0, 0.1) is 5.92 Å². The molecule has 3 aromatic rings. The molecule has 9 heteroatoms. The fraction of sp³-hybridized carbons (Fsp3) is 0.333. The van der Waals surface area contributed by atoms with Gasteiger partial charge in [0, 0.05) is 20.1 Å². The molecule has 4 rings (SSSR count). The Morgan fingerprint density at radius 2 is 1.93 bits per heavy atom. The average molecular weight is 446 g/mol. The van der Waals surface area contributed by atoms with Crippen molar-refractivity contribution in [1.29, 1.82) is 0 Å². The van der Waals surface area contributed by atoms with Gasteiger partial charge in [0.15, 0.2) is 4.80 Å². The van der Waals surface area contributed by atoms with Crippen molar-refractivity contribution < 1.29 is 17.9 Å². The molecule has 0 saturated carbocycles. The second-order valence-electron chi connectivity index (χ2n) is 7.22. The lowest BCUT2D eigenvalue weighted by atomic mass is 9.99. The summed E-state index contributed by atoms with van der Waals surface area (Å²) in [7, 11) is -0.162. The first kappa shape index (κ1) is 20.8. The maximum absolute atomic E-state index is 12.9. The molecular formula is C21H23N3O4S2. The largest absolute Gasteiger partial charge is 0.495 e. The van der Waals surface area contributed by atoms with Gasteiger partial charge in [0.1, 0.15) is 11.3 Å². The minimum Gasteiger partial charge on any atom is -0.495 e. The summed E-state index contributed by atoms with van der Waals surface area (Å²) < 4.78 is 35.5. The van der Waals surface area contributed by atoms with Crippen LogP contribution in [0.2, 0.25) is 0 Å². The van der Waals surface area contributed by atoms with Crippen LogP contribution < -0.4 is 9.54 Å². The zero-order valence-electron chi connectivity index (χ0n) is 16.8. The number of para-hydroxylation sites is 1. The molecule has 2 aromatic carbocycles. The zero-order chi connectivity index (χ0) is 21.3. The highest BCUT2D eigenvalue weighted by Crippen LogP contribution is 2.27. The number of hydrogen-bond donors (Lipinski definition) is 0. The standard InChI is InChI=1S/C21H23N3O4S2/c1-23-19-17(28-2)11-6-12-18(19)29-21(23)22-20(25)15-8-7-13-24(14-15)30(26,27)16-9-4-3-5-10-16/h3-6,9-12,15H,7-8,13-14H2,1-2H3. The summed E-state index contributed by atoms with van der Waals surface area (Å²) in [6.45, 7) is 0.562. The SMILES string of the molecule is COc1cccc2sc(=NC(=O)C3CCCN(S(=O)(=O)c4ccccc4)C3)n(C)c12. The molecule has 0 spiro atoms. The topological polar surface area (TPSA) is 81.0 Å². The first-order chi connectivity index (χ1) is 14.4. The van der Waals surface area contributed by atoms with Crippen LogP contribution in [-0.4, -0.2) is 43.4 Å². The molecule has 30 heavy (non-hydrogen) atoms. The predicted octanol–water partition coefficient (Wildman–Crippen LogP) is 2.78. The van der Waals surface area contributed by atoms with Crippen molar-refractivity contribution in [2.45, 2.75) is 17.7 Å². The van der Waals surface area contributed by atoms with Crippen LogP contribution in [0.15, 0.2) is 58.4 Å². The van der Waals surface area contributed by atoms with E-state index in [1.807, 2.05) is 29.8 Å². The second-order valence-corrected chi connectivity index (χ2v) is 10.2. The fourth-order valence-corrected chi connectivity index (χ4v) is 6.32. The van der Waals surface area contributed by atoms with Crippen molar-refractivity contribution >= 4 is 37.5 Å². The minimum atomic E-state index is -3.62. The maximum atomic E-state index is 12.9. The molecule has 1 fully saturated rings. The number of rotatable bonds is 4. The quantitative estimate of drug-likeness (QED) is 0.618. The predicted molar refractivity (Wildman–Crippen MR) is 116 cm³/mol. The zero-order valence-corrected chi connectivity index (χ0v) is 18.4. The Bertz CT molecular complexity index is 1250. The molecule has 0 aliphatic carbocycles. The third-order valence-electron chi connectivity index (χ3n) is 5.33. The van der Waals surface area contributed by atoms with Gasteiger partial charge in [0.25, 0.3) is 5.91 Å². The summed E-state index contributed by atoms with van der Waals surface area (Å²) in [4.78, 5) is 18.1. The van der Waals surface area contributed by atoms with Crippen LogP contribution in [0.4, 0.5) is 0 Å². The van der Waals surface area contributed by atoms with Gasteiger partial charge in [-0.25, -0.2) is 8.42 Å². The van der Waals surface area contributed by atoms with Crippen LogP contribution in [0.5, 0.6) is 5.75 Å². The molecule has 1 aromatic heterocycles. The number of ether oxygens (including phenoxy) is 1. The number of aryl methyl sites for hydroxylation is 1. The number of benzene rings is 2. The summed E-state index contributed by atoms with van der Waals surface area (Å²) >= 11 is 1.41. The van der Waals surface area contributed by atoms with E-state index in [1.54, 1.807) is 37.4 Å². The summed E-state index contributed by atoms with van der Waals surface area (Å²) in [5.74, 6) is -0.0219. The lowest BCUT2D eigenvalue weighted by Crippen LogP contribution is -2.42. The van der Waals surface area contributed by atoms with Gasteiger partial charge in [-0.05, 0) is 37.1 Å². The highest BCUT2D eigenvalue weighted by molar-refractivity contribution is 7.89. The monoisotopic (exact) mass is 445 g/mol. The molecule has 0 radical (unpaired) electrons. The Morgan fingerprint density at radius 1 is 1.17 bits per heavy atom. The number of carbonyl (C=O) groups is 1. The van der Waals surface area contributed by atoms with Gasteiger partial charge in [-0.1, -0.05) is 35.6 Å². The van der Waals surface area contributed by atoms with Crippen molar-refractivity contribution in [1.82, 2.24) is 8.87 Å². The van der Waals surface area contributed by atoms with Crippen molar-refractivity contribution in [2.24, 2.45) is 18.0 Å². The van der Waals surface area contributed by atoms with E-state index >= 15 is 0 Å². The van der Waals surface area contributed by atoms with Crippen molar-refractivity contribution in [3.63, 3.8) is 0 Å². The molecule has 1 atom stereocenters. The maximum Gasteiger partial charge on any atom is 0.252 e. The third kappa shape index (κ3) is 3.80. The van der Waals surface area contributed by atoms with Crippen LogP contribution >= 0.6 is 11.3 Å². The van der Waals surface area contributed by atoms with E-state index in [0.717, 1.165) is 16.0 Å². The van der Waals surface area contributed by atoms with Gasteiger partial charge in [-0.3, -0.25) is 4.79 Å². The number of amides is 1. The van der Waals surface area contributed by atoms with E-state index in [2.05, 4.69) is 4.99 Å². The van der Waals surface area contributed by atoms with Crippen LogP contribution in [-0.2, 0) is 21.9 Å². The Morgan fingerprint density at radius 3 is 2.67 bits per heavy atom. The summed E-state index contributed by atoms with van der Waals surface area (Å²) in [5, 5.41) is 0. The highest BCUT2D eigenvalue weighted by atomic mass is 32.2. The Hall–Kier alpha value is -2.49. The van der Waals surface area contributed by atoms with E-state index < -0.39 is 15.9 Å².